The highest BCUT2D eigenvalue weighted by molar-refractivity contribution is 5.68. The fourth-order valence-corrected chi connectivity index (χ4v) is 2.14. The van der Waals surface area contributed by atoms with Crippen molar-refractivity contribution in [3.63, 3.8) is 0 Å². The van der Waals surface area contributed by atoms with Gasteiger partial charge in [0.1, 0.15) is 0 Å². The lowest BCUT2D eigenvalue weighted by atomic mass is 10.0. The van der Waals surface area contributed by atoms with Gasteiger partial charge in [-0.05, 0) is 29.9 Å². The minimum atomic E-state index is -0.693. The molecule has 1 N–H and O–H groups in total. The molecule has 3 heteroatoms. The van der Waals surface area contributed by atoms with E-state index in [1.807, 2.05) is 11.6 Å². The number of fused-ring (bicyclic) bond motifs is 1. The number of carbonyl (C=O) groups is 1. The first-order chi connectivity index (χ1) is 6.16. The largest absolute Gasteiger partial charge is 0.481 e. The fraction of sp³-hybridized carbons (Fsp3) is 0.500. The summed E-state index contributed by atoms with van der Waals surface area (Å²) in [6, 6.07) is 0. The second kappa shape index (κ2) is 2.91. The van der Waals surface area contributed by atoms with E-state index >= 15 is 0 Å². The maximum Gasteiger partial charge on any atom is 0.303 e. The quantitative estimate of drug-likeness (QED) is 0.748. The molecule has 13 heavy (non-hydrogen) atoms. The van der Waals surface area contributed by atoms with Crippen molar-refractivity contribution in [2.24, 2.45) is 7.05 Å². The molecule has 0 spiro atoms. The van der Waals surface area contributed by atoms with E-state index in [1.54, 1.807) is 0 Å². The number of carboxylic acids is 1. The summed E-state index contributed by atoms with van der Waals surface area (Å²) < 4.78 is 2.01. The van der Waals surface area contributed by atoms with Crippen molar-refractivity contribution in [1.29, 1.82) is 0 Å². The number of hydrogen-bond donors (Lipinski definition) is 1. The lowest BCUT2D eigenvalue weighted by Crippen LogP contribution is -2.02. The van der Waals surface area contributed by atoms with Crippen LogP contribution in [0.1, 0.15) is 29.9 Å². The summed E-state index contributed by atoms with van der Waals surface area (Å²) in [5.41, 5.74) is 2.57. The zero-order valence-corrected chi connectivity index (χ0v) is 7.66. The van der Waals surface area contributed by atoms with Gasteiger partial charge in [-0.25, -0.2) is 0 Å². The van der Waals surface area contributed by atoms with Gasteiger partial charge in [0, 0.05) is 19.4 Å². The molecular formula is C10H13NO2. The van der Waals surface area contributed by atoms with E-state index in [2.05, 4.69) is 12.4 Å². The summed E-state index contributed by atoms with van der Waals surface area (Å²) in [6.07, 6.45) is 6.45. The van der Waals surface area contributed by atoms with E-state index in [0.29, 0.717) is 0 Å². The van der Waals surface area contributed by atoms with Crippen LogP contribution in [0.5, 0.6) is 0 Å². The molecule has 0 bridgehead atoms. The Bertz CT molecular complexity index is 341. The molecule has 0 aliphatic heterocycles. The van der Waals surface area contributed by atoms with Gasteiger partial charge in [0.2, 0.25) is 0 Å². The maximum absolute atomic E-state index is 10.6. The maximum atomic E-state index is 10.6. The number of rotatable bonds is 2. The predicted molar refractivity (Wildman–Crippen MR) is 48.7 cm³/mol. The SMILES string of the molecule is Cn1cc2c(c1)C(CC(=O)O)CC2. The molecule has 2 rings (SSSR count). The third-order valence-electron chi connectivity index (χ3n) is 2.70. The molecule has 1 atom stereocenters. The molecule has 1 aromatic rings. The van der Waals surface area contributed by atoms with Crippen molar-refractivity contribution >= 4 is 5.97 Å². The van der Waals surface area contributed by atoms with Crippen LogP contribution in [-0.4, -0.2) is 15.6 Å². The van der Waals surface area contributed by atoms with E-state index in [9.17, 15) is 4.79 Å². The van der Waals surface area contributed by atoms with Crippen LogP contribution in [0.15, 0.2) is 12.4 Å². The summed E-state index contributed by atoms with van der Waals surface area (Å²) in [6.45, 7) is 0. The van der Waals surface area contributed by atoms with Crippen LogP contribution >= 0.6 is 0 Å². The smallest absolute Gasteiger partial charge is 0.303 e. The molecule has 0 radical (unpaired) electrons. The summed E-state index contributed by atoms with van der Waals surface area (Å²) >= 11 is 0. The van der Waals surface area contributed by atoms with Crippen LogP contribution in [0.2, 0.25) is 0 Å². The van der Waals surface area contributed by atoms with E-state index in [0.717, 1.165) is 12.8 Å². The second-order valence-electron chi connectivity index (χ2n) is 3.74. The number of aliphatic carboxylic acids is 1. The van der Waals surface area contributed by atoms with Crippen LogP contribution in [0.3, 0.4) is 0 Å². The average Bonchev–Trinajstić information content (AvgIpc) is 2.51. The van der Waals surface area contributed by atoms with Crippen LogP contribution in [0.25, 0.3) is 0 Å². The van der Waals surface area contributed by atoms with E-state index in [1.165, 1.54) is 11.1 Å². The highest BCUT2D eigenvalue weighted by atomic mass is 16.4. The number of aromatic nitrogens is 1. The third-order valence-corrected chi connectivity index (χ3v) is 2.70. The van der Waals surface area contributed by atoms with Gasteiger partial charge in [0.25, 0.3) is 0 Å². The molecule has 1 heterocycles. The molecule has 1 aromatic heterocycles. The van der Waals surface area contributed by atoms with Gasteiger partial charge in [0.05, 0.1) is 6.42 Å². The van der Waals surface area contributed by atoms with Gasteiger partial charge >= 0.3 is 5.97 Å². The van der Waals surface area contributed by atoms with Crippen LogP contribution < -0.4 is 0 Å². The zero-order chi connectivity index (χ0) is 9.42. The van der Waals surface area contributed by atoms with E-state index in [4.69, 9.17) is 5.11 Å². The molecule has 0 aromatic carbocycles. The van der Waals surface area contributed by atoms with Gasteiger partial charge < -0.3 is 9.67 Å². The molecule has 3 nitrogen and oxygen atoms in total. The third kappa shape index (κ3) is 1.46. The van der Waals surface area contributed by atoms with Gasteiger partial charge in [-0.15, -0.1) is 0 Å². The van der Waals surface area contributed by atoms with Crippen molar-refractivity contribution < 1.29 is 9.90 Å². The normalized spacial score (nSPS) is 20.2. The average molecular weight is 179 g/mol. The first-order valence-corrected chi connectivity index (χ1v) is 4.53. The zero-order valence-electron chi connectivity index (χ0n) is 7.66. The summed E-state index contributed by atoms with van der Waals surface area (Å²) in [5.74, 6) is -0.449. The standard InChI is InChI=1S/C10H13NO2/c1-11-5-8-3-2-7(4-10(12)13)9(8)6-11/h5-7H,2-4H2,1H3,(H,12,13). The van der Waals surface area contributed by atoms with Crippen LogP contribution in [0, 0.1) is 0 Å². The van der Waals surface area contributed by atoms with Crippen LogP contribution in [0.4, 0.5) is 0 Å². The summed E-state index contributed by atoms with van der Waals surface area (Å²) in [5, 5.41) is 8.70. The van der Waals surface area contributed by atoms with Gasteiger partial charge in [-0.3, -0.25) is 4.79 Å². The van der Waals surface area contributed by atoms with E-state index < -0.39 is 5.97 Å². The Morgan fingerprint density at radius 3 is 3.15 bits per heavy atom. The number of carboxylic acid groups (broad SMARTS) is 1. The Kier molecular flexibility index (Phi) is 1.87. The minimum Gasteiger partial charge on any atom is -0.481 e. The molecular weight excluding hydrogens is 166 g/mol. The number of aryl methyl sites for hydroxylation is 2. The minimum absolute atomic E-state index is 0.244. The molecule has 0 fully saturated rings. The Labute approximate surface area is 77.0 Å². The van der Waals surface area contributed by atoms with Crippen molar-refractivity contribution in [1.82, 2.24) is 4.57 Å². The topological polar surface area (TPSA) is 42.2 Å². The Hall–Kier alpha value is -1.25. The first kappa shape index (κ1) is 8.35. The molecule has 1 aliphatic rings. The molecule has 1 unspecified atom stereocenters. The van der Waals surface area contributed by atoms with Gasteiger partial charge in [-0.1, -0.05) is 0 Å². The number of nitrogens with zero attached hydrogens (tertiary/aromatic N) is 1. The Morgan fingerprint density at radius 2 is 2.46 bits per heavy atom. The molecule has 0 amide bonds. The van der Waals surface area contributed by atoms with Gasteiger partial charge in [-0.2, -0.15) is 0 Å². The molecule has 70 valence electrons. The van der Waals surface area contributed by atoms with Crippen molar-refractivity contribution in [2.45, 2.75) is 25.2 Å². The van der Waals surface area contributed by atoms with Crippen molar-refractivity contribution in [3.05, 3.63) is 23.5 Å². The van der Waals surface area contributed by atoms with Crippen molar-refractivity contribution in [3.8, 4) is 0 Å². The van der Waals surface area contributed by atoms with Crippen molar-refractivity contribution in [2.75, 3.05) is 0 Å². The Morgan fingerprint density at radius 1 is 1.69 bits per heavy atom. The van der Waals surface area contributed by atoms with E-state index in [-0.39, 0.29) is 12.3 Å². The molecule has 1 aliphatic carbocycles. The second-order valence-corrected chi connectivity index (χ2v) is 3.74. The predicted octanol–water partition coefficient (Wildman–Crippen LogP) is 1.53. The monoisotopic (exact) mass is 179 g/mol. The summed E-state index contributed by atoms with van der Waals surface area (Å²) in [7, 11) is 1.98. The molecule has 0 saturated carbocycles. The first-order valence-electron chi connectivity index (χ1n) is 4.53. The van der Waals surface area contributed by atoms with Gasteiger partial charge in [0.15, 0.2) is 0 Å². The summed E-state index contributed by atoms with van der Waals surface area (Å²) in [4.78, 5) is 10.6. The van der Waals surface area contributed by atoms with Crippen LogP contribution in [-0.2, 0) is 18.3 Å². The highest BCUT2D eigenvalue weighted by Crippen LogP contribution is 2.35. The number of hydrogen-bond acceptors (Lipinski definition) is 1. The molecule has 0 saturated heterocycles. The Balaban J connectivity index is 2.22. The fourth-order valence-electron chi connectivity index (χ4n) is 2.14. The lowest BCUT2D eigenvalue weighted by Gasteiger charge is -2.05. The highest BCUT2D eigenvalue weighted by Gasteiger charge is 2.25. The lowest BCUT2D eigenvalue weighted by molar-refractivity contribution is -0.137.